The van der Waals surface area contributed by atoms with Crippen LogP contribution in [0.4, 0.5) is 0 Å². The topological polar surface area (TPSA) is 50.7 Å². The highest BCUT2D eigenvalue weighted by Crippen LogP contribution is 2.33. The van der Waals surface area contributed by atoms with E-state index in [1.54, 1.807) is 0 Å². The van der Waals surface area contributed by atoms with Crippen LogP contribution < -0.4 is 14.8 Å². The molecule has 3 atom stereocenters. The number of aliphatic hydroxyl groups excluding tert-OH is 1. The van der Waals surface area contributed by atoms with Gasteiger partial charge in [0.1, 0.15) is 13.2 Å². The van der Waals surface area contributed by atoms with Crippen molar-refractivity contribution in [3.8, 4) is 11.5 Å². The molecule has 0 aliphatic rings. The molecule has 0 radical (unpaired) electrons. The van der Waals surface area contributed by atoms with Crippen LogP contribution in [-0.4, -0.2) is 11.1 Å². The Morgan fingerprint density at radius 1 is 0.667 bits per heavy atom. The third-order valence-electron chi connectivity index (χ3n) is 6.37. The number of aliphatic hydroxyl groups is 1. The van der Waals surface area contributed by atoms with Crippen LogP contribution >= 0.6 is 0 Å². The van der Waals surface area contributed by atoms with Crippen molar-refractivity contribution in [2.75, 3.05) is 0 Å². The summed E-state index contributed by atoms with van der Waals surface area (Å²) in [5.41, 5.74) is 4.15. The van der Waals surface area contributed by atoms with Gasteiger partial charge in [-0.05, 0) is 47.7 Å². The lowest BCUT2D eigenvalue weighted by Crippen LogP contribution is -2.36. The molecule has 3 unspecified atom stereocenters. The van der Waals surface area contributed by atoms with E-state index in [1.807, 2.05) is 97.1 Å². The molecule has 4 nitrogen and oxygen atoms in total. The second-order valence-corrected chi connectivity index (χ2v) is 9.01. The predicted octanol–water partition coefficient (Wildman–Crippen LogP) is 7.01. The quantitative estimate of drug-likeness (QED) is 0.229. The van der Waals surface area contributed by atoms with Crippen LogP contribution in [-0.2, 0) is 13.2 Å². The van der Waals surface area contributed by atoms with Crippen molar-refractivity contribution in [2.24, 2.45) is 0 Å². The average Bonchev–Trinajstić information content (AvgIpc) is 2.95. The van der Waals surface area contributed by atoms with E-state index in [-0.39, 0.29) is 12.1 Å². The molecule has 4 heteroatoms. The highest BCUT2D eigenvalue weighted by atomic mass is 16.5. The molecule has 0 aromatic heterocycles. The first-order chi connectivity index (χ1) is 17.6. The van der Waals surface area contributed by atoms with E-state index in [2.05, 4.69) is 31.3 Å². The van der Waals surface area contributed by atoms with Crippen molar-refractivity contribution in [2.45, 2.75) is 51.7 Å². The zero-order valence-corrected chi connectivity index (χ0v) is 21.0. The molecule has 4 aromatic rings. The number of hydrogen-bond donors (Lipinski definition) is 2. The molecule has 0 fully saturated rings. The summed E-state index contributed by atoms with van der Waals surface area (Å²) in [5.74, 6) is 1.28. The molecular weight excluding hydrogens is 446 g/mol. The number of ether oxygens (including phenoxy) is 2. The lowest BCUT2D eigenvalue weighted by Gasteiger charge is -2.28. The van der Waals surface area contributed by atoms with Gasteiger partial charge in [0, 0.05) is 12.1 Å². The van der Waals surface area contributed by atoms with Crippen molar-refractivity contribution in [3.63, 3.8) is 0 Å². The molecule has 4 rings (SSSR count). The molecular formula is C32H35NO3. The van der Waals surface area contributed by atoms with Crippen LogP contribution in [0.1, 0.15) is 54.7 Å². The van der Waals surface area contributed by atoms with Gasteiger partial charge in [-0.2, -0.15) is 0 Å². The van der Waals surface area contributed by atoms with E-state index in [0.717, 1.165) is 23.1 Å². The van der Waals surface area contributed by atoms with Crippen LogP contribution in [0.3, 0.4) is 0 Å². The van der Waals surface area contributed by atoms with Crippen molar-refractivity contribution in [3.05, 3.63) is 131 Å². The number of nitrogens with one attached hydrogen (secondary N) is 1. The SMILES string of the molecule is CCC(NC(C)c1ccccc1)C(O)c1ccc(OCc2ccccc2)c(OCc2ccccc2)c1. The second-order valence-electron chi connectivity index (χ2n) is 9.01. The molecule has 36 heavy (non-hydrogen) atoms. The largest absolute Gasteiger partial charge is 0.485 e. The molecule has 0 heterocycles. The fourth-order valence-corrected chi connectivity index (χ4v) is 4.23. The van der Waals surface area contributed by atoms with Crippen molar-refractivity contribution >= 4 is 0 Å². The van der Waals surface area contributed by atoms with Gasteiger partial charge in [0.25, 0.3) is 0 Å². The van der Waals surface area contributed by atoms with E-state index < -0.39 is 6.10 Å². The fraction of sp³-hybridized carbons (Fsp3) is 0.250. The monoisotopic (exact) mass is 481 g/mol. The number of benzene rings is 4. The highest BCUT2D eigenvalue weighted by molar-refractivity contribution is 5.44. The first kappa shape index (κ1) is 25.5. The van der Waals surface area contributed by atoms with Gasteiger partial charge in [-0.1, -0.05) is 104 Å². The van der Waals surface area contributed by atoms with Gasteiger partial charge < -0.3 is 19.9 Å². The van der Waals surface area contributed by atoms with Gasteiger partial charge in [0.15, 0.2) is 11.5 Å². The van der Waals surface area contributed by atoms with E-state index >= 15 is 0 Å². The number of hydrogen-bond acceptors (Lipinski definition) is 4. The Bertz CT molecular complexity index is 1180. The van der Waals surface area contributed by atoms with Crippen LogP contribution in [0.25, 0.3) is 0 Å². The summed E-state index contributed by atoms with van der Waals surface area (Å²) in [6.45, 7) is 5.07. The van der Waals surface area contributed by atoms with Gasteiger partial charge in [0.05, 0.1) is 6.10 Å². The Hall–Kier alpha value is -3.60. The van der Waals surface area contributed by atoms with Gasteiger partial charge in [0.2, 0.25) is 0 Å². The van der Waals surface area contributed by atoms with Crippen LogP contribution in [0.2, 0.25) is 0 Å². The van der Waals surface area contributed by atoms with Crippen LogP contribution in [0, 0.1) is 0 Å². The third-order valence-corrected chi connectivity index (χ3v) is 6.37. The Labute approximate surface area is 214 Å². The van der Waals surface area contributed by atoms with Gasteiger partial charge in [-0.3, -0.25) is 0 Å². The Morgan fingerprint density at radius 2 is 1.19 bits per heavy atom. The first-order valence-corrected chi connectivity index (χ1v) is 12.6. The normalized spacial score (nSPS) is 13.5. The number of rotatable bonds is 12. The van der Waals surface area contributed by atoms with E-state index in [4.69, 9.17) is 9.47 Å². The van der Waals surface area contributed by atoms with E-state index in [1.165, 1.54) is 5.56 Å². The van der Waals surface area contributed by atoms with Crippen molar-refractivity contribution < 1.29 is 14.6 Å². The van der Waals surface area contributed by atoms with E-state index in [0.29, 0.717) is 24.7 Å². The van der Waals surface area contributed by atoms with E-state index in [9.17, 15) is 5.11 Å². The fourth-order valence-electron chi connectivity index (χ4n) is 4.23. The van der Waals surface area contributed by atoms with Gasteiger partial charge in [-0.25, -0.2) is 0 Å². The minimum atomic E-state index is -0.691. The zero-order valence-electron chi connectivity index (χ0n) is 21.0. The molecule has 4 aromatic carbocycles. The minimum absolute atomic E-state index is 0.113. The highest BCUT2D eigenvalue weighted by Gasteiger charge is 2.23. The Morgan fingerprint density at radius 3 is 1.75 bits per heavy atom. The molecule has 2 N–H and O–H groups in total. The van der Waals surface area contributed by atoms with Gasteiger partial charge >= 0.3 is 0 Å². The van der Waals surface area contributed by atoms with Crippen LogP contribution in [0.5, 0.6) is 11.5 Å². The van der Waals surface area contributed by atoms with Crippen molar-refractivity contribution in [1.29, 1.82) is 0 Å². The summed E-state index contributed by atoms with van der Waals surface area (Å²) < 4.78 is 12.3. The minimum Gasteiger partial charge on any atom is -0.485 e. The average molecular weight is 482 g/mol. The first-order valence-electron chi connectivity index (χ1n) is 12.6. The Kier molecular flexibility index (Phi) is 9.15. The molecule has 0 amide bonds. The Balaban J connectivity index is 1.52. The predicted molar refractivity (Wildman–Crippen MR) is 145 cm³/mol. The lowest BCUT2D eigenvalue weighted by atomic mass is 9.98. The maximum atomic E-state index is 11.3. The summed E-state index contributed by atoms with van der Waals surface area (Å²) in [5, 5.41) is 14.9. The molecule has 0 bridgehead atoms. The molecule has 0 aliphatic carbocycles. The molecule has 0 saturated carbocycles. The maximum absolute atomic E-state index is 11.3. The summed E-state index contributed by atoms with van der Waals surface area (Å²) in [6.07, 6.45) is 0.0913. The molecule has 0 saturated heterocycles. The smallest absolute Gasteiger partial charge is 0.162 e. The third kappa shape index (κ3) is 6.97. The maximum Gasteiger partial charge on any atom is 0.162 e. The summed E-state index contributed by atoms with van der Waals surface area (Å²) in [7, 11) is 0. The van der Waals surface area contributed by atoms with Crippen molar-refractivity contribution in [1.82, 2.24) is 5.32 Å². The summed E-state index contributed by atoms with van der Waals surface area (Å²) in [4.78, 5) is 0. The molecule has 186 valence electrons. The molecule has 0 aliphatic heterocycles. The van der Waals surface area contributed by atoms with Crippen LogP contribution in [0.15, 0.2) is 109 Å². The zero-order chi connectivity index (χ0) is 25.2. The standard InChI is InChI=1S/C32H35NO3/c1-3-29(33-24(2)27-17-11-6-12-18-27)32(34)28-19-20-30(35-22-25-13-7-4-8-14-25)31(21-28)36-23-26-15-9-5-10-16-26/h4-21,24,29,32-34H,3,22-23H2,1-2H3. The summed E-state index contributed by atoms with van der Waals surface area (Å²) in [6, 6.07) is 36.1. The molecule has 0 spiro atoms. The van der Waals surface area contributed by atoms with Gasteiger partial charge in [-0.15, -0.1) is 0 Å². The second kappa shape index (κ2) is 12.9. The lowest BCUT2D eigenvalue weighted by molar-refractivity contribution is 0.119. The summed E-state index contributed by atoms with van der Waals surface area (Å²) >= 11 is 0.